The Morgan fingerprint density at radius 1 is 1.29 bits per heavy atom. The molecule has 2 nitrogen and oxygen atoms in total. The fraction of sp³-hybridized carbons (Fsp3) is 0.909. The van der Waals surface area contributed by atoms with Gasteiger partial charge in [-0.15, -0.1) is 0 Å². The van der Waals surface area contributed by atoms with Crippen molar-refractivity contribution in [2.24, 2.45) is 11.8 Å². The summed E-state index contributed by atoms with van der Waals surface area (Å²) < 4.78 is 0. The van der Waals surface area contributed by atoms with Gasteiger partial charge in [-0.3, -0.25) is 4.79 Å². The fourth-order valence-corrected chi connectivity index (χ4v) is 2.35. The van der Waals surface area contributed by atoms with Crippen LogP contribution in [0.3, 0.4) is 0 Å². The zero-order chi connectivity index (χ0) is 10.4. The van der Waals surface area contributed by atoms with Crippen LogP contribution in [0.15, 0.2) is 0 Å². The Balaban J connectivity index is 2.13. The lowest BCUT2D eigenvalue weighted by atomic mass is 9.81. The lowest BCUT2D eigenvalue weighted by Gasteiger charge is -2.27. The van der Waals surface area contributed by atoms with Gasteiger partial charge in [0.05, 0.1) is 5.33 Å². The molecular formula is C11H20BrNO. The van der Waals surface area contributed by atoms with E-state index in [1.54, 1.807) is 0 Å². The van der Waals surface area contributed by atoms with Crippen molar-refractivity contribution >= 4 is 21.8 Å². The molecule has 0 bridgehead atoms. The minimum Gasteiger partial charge on any atom is -0.355 e. The zero-order valence-corrected chi connectivity index (χ0v) is 10.5. The number of halogens is 1. The smallest absolute Gasteiger partial charge is 0.230 e. The summed E-state index contributed by atoms with van der Waals surface area (Å²) in [6, 6.07) is 0. The van der Waals surface area contributed by atoms with Gasteiger partial charge in [-0.05, 0) is 24.7 Å². The van der Waals surface area contributed by atoms with Crippen molar-refractivity contribution in [3.05, 3.63) is 0 Å². The normalized spacial score (nSPS) is 27.3. The third-order valence-corrected chi connectivity index (χ3v) is 3.76. The van der Waals surface area contributed by atoms with Gasteiger partial charge in [-0.25, -0.2) is 0 Å². The van der Waals surface area contributed by atoms with E-state index < -0.39 is 0 Å². The van der Waals surface area contributed by atoms with Gasteiger partial charge in [0.2, 0.25) is 5.91 Å². The van der Waals surface area contributed by atoms with Gasteiger partial charge in [0.1, 0.15) is 0 Å². The van der Waals surface area contributed by atoms with Gasteiger partial charge < -0.3 is 5.32 Å². The van der Waals surface area contributed by atoms with Crippen LogP contribution in [0.4, 0.5) is 0 Å². The summed E-state index contributed by atoms with van der Waals surface area (Å²) in [6.07, 6.45) is 6.61. The molecule has 0 aromatic rings. The molecule has 0 atom stereocenters. The zero-order valence-electron chi connectivity index (χ0n) is 8.89. The summed E-state index contributed by atoms with van der Waals surface area (Å²) in [5, 5.41) is 3.38. The number of carbonyl (C=O) groups is 1. The summed E-state index contributed by atoms with van der Waals surface area (Å²) in [5.74, 6) is 1.78. The molecule has 1 N–H and O–H groups in total. The number of carbonyl (C=O) groups excluding carboxylic acids is 1. The first kappa shape index (κ1) is 12.0. The van der Waals surface area contributed by atoms with Gasteiger partial charge in [-0.2, -0.15) is 0 Å². The molecule has 0 heterocycles. The first-order chi connectivity index (χ1) is 6.76. The highest BCUT2D eigenvalue weighted by Gasteiger charge is 2.19. The van der Waals surface area contributed by atoms with Crippen LogP contribution in [0.2, 0.25) is 0 Å². The largest absolute Gasteiger partial charge is 0.355 e. The number of nitrogens with one attached hydrogen (secondary N) is 1. The lowest BCUT2D eigenvalue weighted by molar-refractivity contribution is -0.118. The minimum absolute atomic E-state index is 0.114. The summed E-state index contributed by atoms with van der Waals surface area (Å²) in [4.78, 5) is 11.0. The van der Waals surface area contributed by atoms with Crippen LogP contribution in [-0.2, 0) is 4.79 Å². The molecule has 1 amide bonds. The molecule has 0 unspecified atom stereocenters. The summed E-state index contributed by atoms with van der Waals surface area (Å²) >= 11 is 3.15. The molecule has 0 saturated heterocycles. The molecule has 0 radical (unpaired) electrons. The first-order valence-corrected chi connectivity index (χ1v) is 6.71. The van der Waals surface area contributed by atoms with Crippen molar-refractivity contribution in [1.29, 1.82) is 0 Å². The topological polar surface area (TPSA) is 29.1 Å². The van der Waals surface area contributed by atoms with E-state index in [1.165, 1.54) is 32.1 Å². The van der Waals surface area contributed by atoms with E-state index in [2.05, 4.69) is 28.2 Å². The molecule has 0 aromatic heterocycles. The Labute approximate surface area is 95.0 Å². The van der Waals surface area contributed by atoms with Crippen LogP contribution in [-0.4, -0.2) is 17.8 Å². The molecule has 1 rings (SSSR count). The molecule has 1 fully saturated rings. The maximum absolute atomic E-state index is 11.0. The maximum Gasteiger partial charge on any atom is 0.230 e. The molecule has 1 saturated carbocycles. The number of alkyl halides is 1. The second kappa shape index (κ2) is 6.44. The molecule has 1 aliphatic rings. The second-order valence-electron chi connectivity index (χ2n) is 4.23. The summed E-state index contributed by atoms with van der Waals surface area (Å²) in [7, 11) is 0. The standard InChI is InChI=1S/C11H20BrNO/c1-2-9-3-5-10(6-4-9)8-13-11(14)7-12/h9-10H,2-8H2,1H3,(H,13,14). The highest BCUT2D eigenvalue weighted by Crippen LogP contribution is 2.29. The molecule has 82 valence electrons. The van der Waals surface area contributed by atoms with Gasteiger partial charge in [0, 0.05) is 6.54 Å². The highest BCUT2D eigenvalue weighted by molar-refractivity contribution is 9.09. The Kier molecular flexibility index (Phi) is 5.53. The predicted molar refractivity (Wildman–Crippen MR) is 62.5 cm³/mol. The Morgan fingerprint density at radius 3 is 2.36 bits per heavy atom. The summed E-state index contributed by atoms with van der Waals surface area (Å²) in [6.45, 7) is 3.15. The number of hydrogen-bond donors (Lipinski definition) is 1. The van der Waals surface area contributed by atoms with Crippen LogP contribution in [0.25, 0.3) is 0 Å². The van der Waals surface area contributed by atoms with Crippen molar-refractivity contribution < 1.29 is 4.79 Å². The quantitative estimate of drug-likeness (QED) is 0.775. The molecule has 1 aliphatic carbocycles. The molecular weight excluding hydrogens is 242 g/mol. The van der Waals surface area contributed by atoms with Crippen molar-refractivity contribution in [3.63, 3.8) is 0 Å². The van der Waals surface area contributed by atoms with Gasteiger partial charge in [-0.1, -0.05) is 42.1 Å². The van der Waals surface area contributed by atoms with Crippen LogP contribution in [0, 0.1) is 11.8 Å². The van der Waals surface area contributed by atoms with Crippen LogP contribution < -0.4 is 5.32 Å². The highest BCUT2D eigenvalue weighted by atomic mass is 79.9. The number of amides is 1. The van der Waals surface area contributed by atoms with E-state index in [-0.39, 0.29) is 5.91 Å². The molecule has 0 spiro atoms. The van der Waals surface area contributed by atoms with Crippen LogP contribution in [0.1, 0.15) is 39.0 Å². The van der Waals surface area contributed by atoms with Gasteiger partial charge >= 0.3 is 0 Å². The maximum atomic E-state index is 11.0. The van der Waals surface area contributed by atoms with Gasteiger partial charge in [0.25, 0.3) is 0 Å². The average Bonchev–Trinajstić information content (AvgIpc) is 2.26. The lowest BCUT2D eigenvalue weighted by Crippen LogP contribution is -2.31. The van der Waals surface area contributed by atoms with E-state index >= 15 is 0 Å². The second-order valence-corrected chi connectivity index (χ2v) is 4.79. The molecule has 0 aromatic carbocycles. The van der Waals surface area contributed by atoms with E-state index in [1.807, 2.05) is 0 Å². The molecule has 3 heteroatoms. The fourth-order valence-electron chi connectivity index (χ4n) is 2.15. The van der Waals surface area contributed by atoms with E-state index in [4.69, 9.17) is 0 Å². The third kappa shape index (κ3) is 3.99. The van der Waals surface area contributed by atoms with Crippen molar-refractivity contribution in [3.8, 4) is 0 Å². The van der Waals surface area contributed by atoms with Crippen molar-refractivity contribution in [1.82, 2.24) is 5.32 Å². The van der Waals surface area contributed by atoms with E-state index in [9.17, 15) is 4.79 Å². The number of rotatable bonds is 4. The Bertz CT molecular complexity index is 176. The van der Waals surface area contributed by atoms with Crippen LogP contribution in [0.5, 0.6) is 0 Å². The summed E-state index contributed by atoms with van der Waals surface area (Å²) in [5.41, 5.74) is 0. The van der Waals surface area contributed by atoms with E-state index in [0.717, 1.165) is 18.4 Å². The van der Waals surface area contributed by atoms with Gasteiger partial charge in [0.15, 0.2) is 0 Å². The predicted octanol–water partition coefficient (Wildman–Crippen LogP) is 2.71. The van der Waals surface area contributed by atoms with E-state index in [0.29, 0.717) is 5.33 Å². The SMILES string of the molecule is CCC1CCC(CNC(=O)CBr)CC1. The third-order valence-electron chi connectivity index (χ3n) is 3.25. The minimum atomic E-state index is 0.114. The average molecular weight is 262 g/mol. The number of hydrogen-bond acceptors (Lipinski definition) is 1. The Hall–Kier alpha value is -0.0500. The first-order valence-electron chi connectivity index (χ1n) is 5.59. The van der Waals surface area contributed by atoms with Crippen molar-refractivity contribution in [2.45, 2.75) is 39.0 Å². The monoisotopic (exact) mass is 261 g/mol. The van der Waals surface area contributed by atoms with Crippen LogP contribution >= 0.6 is 15.9 Å². The molecule has 0 aliphatic heterocycles. The molecule has 14 heavy (non-hydrogen) atoms. The van der Waals surface area contributed by atoms with Crippen molar-refractivity contribution in [2.75, 3.05) is 11.9 Å². The Morgan fingerprint density at radius 2 is 1.86 bits per heavy atom.